The summed E-state index contributed by atoms with van der Waals surface area (Å²) in [6.45, 7) is 5.74. The number of nitrogens with zero attached hydrogens (tertiary/aromatic N) is 1. The summed E-state index contributed by atoms with van der Waals surface area (Å²) in [5.74, 6) is 0.131. The summed E-state index contributed by atoms with van der Waals surface area (Å²) in [5.41, 5.74) is 1.77. The van der Waals surface area contributed by atoms with Gasteiger partial charge in [-0.2, -0.15) is 0 Å². The number of piperidine rings is 2. The molecule has 2 aliphatic heterocycles. The van der Waals surface area contributed by atoms with Crippen molar-refractivity contribution >= 4 is 24.1 Å². The lowest BCUT2D eigenvalue weighted by Crippen LogP contribution is -2.37. The number of halogens is 2. The first kappa shape index (κ1) is 20.0. The Morgan fingerprint density at radius 1 is 1.24 bits per heavy atom. The van der Waals surface area contributed by atoms with Gasteiger partial charge < -0.3 is 15.0 Å². The summed E-state index contributed by atoms with van der Waals surface area (Å²) in [5, 5.41) is 3.32. The Bertz CT molecular complexity index is 571. The highest BCUT2D eigenvalue weighted by Gasteiger charge is 2.27. The van der Waals surface area contributed by atoms with Crippen LogP contribution in [0.2, 0.25) is 0 Å². The minimum absolute atomic E-state index is 0. The Morgan fingerprint density at radius 3 is 2.52 bits per heavy atom. The molecule has 1 aromatic carbocycles. The van der Waals surface area contributed by atoms with E-state index in [1.165, 1.54) is 0 Å². The molecule has 6 heteroatoms. The van der Waals surface area contributed by atoms with Crippen molar-refractivity contribution in [1.82, 2.24) is 5.32 Å². The van der Waals surface area contributed by atoms with Crippen LogP contribution in [0.1, 0.15) is 44.1 Å². The second-order valence-corrected chi connectivity index (χ2v) is 6.74. The molecule has 0 bridgehead atoms. The zero-order chi connectivity index (χ0) is 16.9. The molecule has 0 atom stereocenters. The maximum atomic E-state index is 14.6. The van der Waals surface area contributed by atoms with Crippen LogP contribution in [0.3, 0.4) is 0 Å². The highest BCUT2D eigenvalue weighted by Crippen LogP contribution is 2.31. The molecule has 0 saturated carbocycles. The Kier molecular flexibility index (Phi) is 7.51. The zero-order valence-corrected chi connectivity index (χ0v) is 15.6. The average molecular weight is 371 g/mol. The molecule has 0 spiro atoms. The van der Waals surface area contributed by atoms with Gasteiger partial charge in [0.25, 0.3) is 0 Å². The molecule has 3 rings (SSSR count). The lowest BCUT2D eigenvalue weighted by atomic mass is 9.89. The molecule has 0 aliphatic carbocycles. The van der Waals surface area contributed by atoms with Crippen molar-refractivity contribution in [1.29, 1.82) is 0 Å². The van der Waals surface area contributed by atoms with E-state index < -0.39 is 0 Å². The standard InChI is InChI=1S/C19H27FN2O2.ClH/c1-2-24-19(23)15-7-11-22(12-8-15)16-3-4-17(18(20)13-16)14-5-9-21-10-6-14;/h3-4,13-15,21H,2,5-12H2,1H3;1H. The van der Waals surface area contributed by atoms with Crippen LogP contribution in [0.15, 0.2) is 18.2 Å². The number of esters is 1. The van der Waals surface area contributed by atoms with Crippen molar-refractivity contribution in [3.8, 4) is 0 Å². The first-order valence-electron chi connectivity index (χ1n) is 9.10. The van der Waals surface area contributed by atoms with Crippen molar-refractivity contribution in [2.24, 2.45) is 5.92 Å². The summed E-state index contributed by atoms with van der Waals surface area (Å²) in [6, 6.07) is 5.66. The molecule has 0 amide bonds. The lowest BCUT2D eigenvalue weighted by molar-refractivity contribution is -0.148. The molecular weight excluding hydrogens is 343 g/mol. The predicted octanol–water partition coefficient (Wildman–Crippen LogP) is 3.49. The van der Waals surface area contributed by atoms with E-state index in [1.807, 2.05) is 19.1 Å². The number of nitrogens with one attached hydrogen (secondary N) is 1. The molecule has 0 unspecified atom stereocenters. The van der Waals surface area contributed by atoms with Gasteiger partial charge in [-0.1, -0.05) is 6.07 Å². The molecule has 0 radical (unpaired) electrons. The number of ether oxygens (including phenoxy) is 1. The Hall–Kier alpha value is -1.33. The van der Waals surface area contributed by atoms with Crippen LogP contribution in [0, 0.1) is 11.7 Å². The van der Waals surface area contributed by atoms with Crippen LogP contribution in [0.4, 0.5) is 10.1 Å². The van der Waals surface area contributed by atoms with Gasteiger partial charge in [0.05, 0.1) is 12.5 Å². The quantitative estimate of drug-likeness (QED) is 0.824. The molecule has 0 aromatic heterocycles. The Labute approximate surface area is 155 Å². The molecule has 2 heterocycles. The number of benzene rings is 1. The lowest BCUT2D eigenvalue weighted by Gasteiger charge is -2.33. The van der Waals surface area contributed by atoms with Gasteiger partial charge >= 0.3 is 5.97 Å². The smallest absolute Gasteiger partial charge is 0.309 e. The molecule has 4 nitrogen and oxygen atoms in total. The van der Waals surface area contributed by atoms with E-state index in [0.717, 1.165) is 63.1 Å². The van der Waals surface area contributed by atoms with Gasteiger partial charge in [-0.05, 0) is 69.3 Å². The van der Waals surface area contributed by atoms with Gasteiger partial charge in [0.15, 0.2) is 0 Å². The minimum atomic E-state index is -0.0930. The number of carbonyl (C=O) groups excluding carboxylic acids is 1. The highest BCUT2D eigenvalue weighted by atomic mass is 35.5. The van der Waals surface area contributed by atoms with Crippen molar-refractivity contribution in [3.63, 3.8) is 0 Å². The van der Waals surface area contributed by atoms with Gasteiger partial charge in [0.1, 0.15) is 5.82 Å². The van der Waals surface area contributed by atoms with Crippen molar-refractivity contribution in [2.75, 3.05) is 37.7 Å². The number of hydrogen-bond acceptors (Lipinski definition) is 4. The second kappa shape index (κ2) is 9.39. The van der Waals surface area contributed by atoms with Crippen LogP contribution in [0.25, 0.3) is 0 Å². The molecular formula is C19H28ClFN2O2. The van der Waals surface area contributed by atoms with E-state index >= 15 is 0 Å². The van der Waals surface area contributed by atoms with Crippen LogP contribution in [-0.2, 0) is 9.53 Å². The molecule has 1 N–H and O–H groups in total. The van der Waals surface area contributed by atoms with E-state index in [9.17, 15) is 9.18 Å². The van der Waals surface area contributed by atoms with Crippen LogP contribution >= 0.6 is 12.4 Å². The van der Waals surface area contributed by atoms with Gasteiger partial charge in [-0.15, -0.1) is 12.4 Å². The maximum Gasteiger partial charge on any atom is 0.309 e. The largest absolute Gasteiger partial charge is 0.466 e. The summed E-state index contributed by atoms with van der Waals surface area (Å²) in [4.78, 5) is 14.0. The van der Waals surface area contributed by atoms with Crippen molar-refractivity contribution in [2.45, 2.75) is 38.5 Å². The Morgan fingerprint density at radius 2 is 1.92 bits per heavy atom. The van der Waals surface area contributed by atoms with Gasteiger partial charge in [0, 0.05) is 18.8 Å². The van der Waals surface area contributed by atoms with Gasteiger partial charge in [-0.25, -0.2) is 4.39 Å². The highest BCUT2D eigenvalue weighted by molar-refractivity contribution is 5.85. The molecule has 1 aromatic rings. The monoisotopic (exact) mass is 370 g/mol. The summed E-state index contributed by atoms with van der Waals surface area (Å²) >= 11 is 0. The van der Waals surface area contributed by atoms with E-state index in [4.69, 9.17) is 4.74 Å². The van der Waals surface area contributed by atoms with Crippen LogP contribution < -0.4 is 10.2 Å². The predicted molar refractivity (Wildman–Crippen MR) is 100 cm³/mol. The van der Waals surface area contributed by atoms with Crippen molar-refractivity contribution in [3.05, 3.63) is 29.6 Å². The third kappa shape index (κ3) is 4.85. The number of carbonyl (C=O) groups is 1. The van der Waals surface area contributed by atoms with E-state index in [1.54, 1.807) is 6.07 Å². The molecule has 140 valence electrons. The SMILES string of the molecule is CCOC(=O)C1CCN(c2ccc(C3CCNCC3)c(F)c2)CC1.Cl. The molecule has 2 fully saturated rings. The minimum Gasteiger partial charge on any atom is -0.466 e. The normalized spacial score (nSPS) is 19.4. The first-order chi connectivity index (χ1) is 11.7. The molecule has 2 saturated heterocycles. The van der Waals surface area contributed by atoms with Crippen LogP contribution in [0.5, 0.6) is 0 Å². The topological polar surface area (TPSA) is 41.6 Å². The fraction of sp³-hybridized carbons (Fsp3) is 0.632. The van der Waals surface area contributed by atoms with Crippen molar-refractivity contribution < 1.29 is 13.9 Å². The number of hydrogen-bond donors (Lipinski definition) is 1. The number of anilines is 1. The molecule has 25 heavy (non-hydrogen) atoms. The molecule has 2 aliphatic rings. The summed E-state index contributed by atoms with van der Waals surface area (Å²) < 4.78 is 19.7. The third-order valence-electron chi connectivity index (χ3n) is 5.24. The van der Waals surface area contributed by atoms with E-state index in [-0.39, 0.29) is 30.1 Å². The summed E-state index contributed by atoms with van der Waals surface area (Å²) in [7, 11) is 0. The summed E-state index contributed by atoms with van der Waals surface area (Å²) in [6.07, 6.45) is 3.55. The Balaban J connectivity index is 0.00000225. The van der Waals surface area contributed by atoms with Crippen LogP contribution in [-0.4, -0.2) is 38.8 Å². The fourth-order valence-electron chi connectivity index (χ4n) is 3.81. The first-order valence-corrected chi connectivity index (χ1v) is 9.10. The zero-order valence-electron chi connectivity index (χ0n) is 14.8. The van der Waals surface area contributed by atoms with E-state index in [0.29, 0.717) is 12.5 Å². The average Bonchev–Trinajstić information content (AvgIpc) is 2.63. The number of rotatable bonds is 4. The third-order valence-corrected chi connectivity index (χ3v) is 5.24. The second-order valence-electron chi connectivity index (χ2n) is 6.74. The van der Waals surface area contributed by atoms with E-state index in [2.05, 4.69) is 10.2 Å². The van der Waals surface area contributed by atoms with Gasteiger partial charge in [0.2, 0.25) is 0 Å². The van der Waals surface area contributed by atoms with Gasteiger partial charge in [-0.3, -0.25) is 4.79 Å². The fourth-order valence-corrected chi connectivity index (χ4v) is 3.81. The maximum absolute atomic E-state index is 14.6.